The van der Waals surface area contributed by atoms with Crippen LogP contribution >= 0.6 is 11.6 Å². The van der Waals surface area contributed by atoms with Gasteiger partial charge in [0.05, 0.1) is 34.1 Å². The maximum absolute atomic E-state index is 13.1. The summed E-state index contributed by atoms with van der Waals surface area (Å²) in [5, 5.41) is 4.41. The molecule has 0 bridgehead atoms. The van der Waals surface area contributed by atoms with Gasteiger partial charge < -0.3 is 4.55 Å². The molecule has 166 valence electrons. The topological polar surface area (TPSA) is 90.3 Å². The summed E-state index contributed by atoms with van der Waals surface area (Å²) in [5.41, 5.74) is 2.21. The van der Waals surface area contributed by atoms with Crippen LogP contribution in [0.3, 0.4) is 0 Å². The van der Waals surface area contributed by atoms with Gasteiger partial charge in [-0.05, 0) is 41.3 Å². The van der Waals surface area contributed by atoms with Crippen LogP contribution in [-0.2, 0) is 30.4 Å². The van der Waals surface area contributed by atoms with E-state index in [1.54, 1.807) is 42.2 Å². The van der Waals surface area contributed by atoms with E-state index in [0.29, 0.717) is 16.3 Å². The van der Waals surface area contributed by atoms with Crippen LogP contribution in [0.15, 0.2) is 53.6 Å². The fourth-order valence-electron chi connectivity index (χ4n) is 3.55. The van der Waals surface area contributed by atoms with Crippen LogP contribution in [0.2, 0.25) is 5.02 Å². The van der Waals surface area contributed by atoms with Crippen molar-refractivity contribution in [3.05, 3.63) is 76.1 Å². The lowest BCUT2D eigenvalue weighted by atomic mass is 9.87. The van der Waals surface area contributed by atoms with Crippen LogP contribution in [0.25, 0.3) is 0 Å². The van der Waals surface area contributed by atoms with Gasteiger partial charge in [0.25, 0.3) is 11.8 Å². The quantitative estimate of drug-likeness (QED) is 0.443. The Bertz CT molecular complexity index is 1200. The summed E-state index contributed by atoms with van der Waals surface area (Å²) < 4.78 is 17.4. The molecule has 4 rings (SSSR count). The molecule has 1 atom stereocenters. The number of aromatic nitrogens is 2. The average molecular weight is 471 g/mol. The van der Waals surface area contributed by atoms with Crippen molar-refractivity contribution in [2.75, 3.05) is 4.72 Å². The second-order valence-corrected chi connectivity index (χ2v) is 10.3. The van der Waals surface area contributed by atoms with Crippen molar-refractivity contribution >= 4 is 40.5 Å². The molecule has 0 saturated carbocycles. The second kappa shape index (κ2) is 8.27. The molecular weight excluding hydrogens is 448 g/mol. The first kappa shape index (κ1) is 22.4. The highest BCUT2D eigenvalue weighted by molar-refractivity contribution is 7.92. The number of halogens is 1. The number of hydrogen-bond acceptors (Lipinski definition) is 5. The number of anilines is 1. The van der Waals surface area contributed by atoms with Gasteiger partial charge in [-0.15, -0.1) is 0 Å². The third kappa shape index (κ3) is 4.13. The first-order valence-electron chi connectivity index (χ1n) is 10.0. The molecule has 1 aliphatic rings. The van der Waals surface area contributed by atoms with Gasteiger partial charge in [0.2, 0.25) is 0 Å². The molecule has 1 N–H and O–H groups in total. The molecule has 0 saturated heterocycles. The molecule has 3 aromatic rings. The molecule has 1 aliphatic heterocycles. The smallest absolute Gasteiger partial charge is 0.264 e. The Morgan fingerprint density at radius 1 is 1.03 bits per heavy atom. The SMILES string of the molecule is Cn1ccc(CN2C(=O)c3c(Cl)ccc(N[S+]([O-])c4ccc(C(C)(C)C)cc4)c3C2=O)n1. The van der Waals surface area contributed by atoms with Crippen LogP contribution < -0.4 is 4.72 Å². The Hall–Kier alpha value is -2.81. The highest BCUT2D eigenvalue weighted by Gasteiger charge is 2.40. The number of hydrogen-bond donors (Lipinski definition) is 1. The molecule has 2 aromatic carbocycles. The van der Waals surface area contributed by atoms with E-state index in [1.165, 1.54) is 6.07 Å². The Morgan fingerprint density at radius 2 is 1.69 bits per heavy atom. The summed E-state index contributed by atoms with van der Waals surface area (Å²) in [7, 11) is 1.76. The Morgan fingerprint density at radius 3 is 2.28 bits per heavy atom. The summed E-state index contributed by atoms with van der Waals surface area (Å²) in [4.78, 5) is 27.8. The lowest BCUT2D eigenvalue weighted by molar-refractivity contribution is 0.0640. The largest absolute Gasteiger partial charge is 0.588 e. The maximum atomic E-state index is 13.1. The molecule has 9 heteroatoms. The Balaban J connectivity index is 1.61. The van der Waals surface area contributed by atoms with E-state index >= 15 is 0 Å². The Kier molecular flexibility index (Phi) is 5.79. The van der Waals surface area contributed by atoms with Crippen molar-refractivity contribution in [1.29, 1.82) is 0 Å². The standard InChI is InChI=1S/C23H23ClN4O3S/c1-23(2,3)14-5-7-16(8-6-14)32(31)26-18-10-9-17(24)19-20(18)22(30)28(21(19)29)13-15-11-12-27(4)25-15/h5-12,26H,13H2,1-4H3. The predicted molar refractivity (Wildman–Crippen MR) is 124 cm³/mol. The molecule has 2 heterocycles. The van der Waals surface area contributed by atoms with Gasteiger partial charge in [0.1, 0.15) is 11.4 Å². The number of carbonyl (C=O) groups excluding carboxylic acids is 2. The number of fused-ring (bicyclic) bond motifs is 1. The van der Waals surface area contributed by atoms with Crippen LogP contribution in [0.5, 0.6) is 0 Å². The minimum absolute atomic E-state index is 0.0195. The fraction of sp³-hybridized carbons (Fsp3) is 0.261. The number of nitrogens with one attached hydrogen (secondary N) is 1. The summed E-state index contributed by atoms with van der Waals surface area (Å²) in [6, 6.07) is 12.3. The number of benzene rings is 2. The van der Waals surface area contributed by atoms with Crippen molar-refractivity contribution in [1.82, 2.24) is 14.7 Å². The summed E-state index contributed by atoms with van der Waals surface area (Å²) in [5.74, 6) is -0.995. The molecular formula is C23H23ClN4O3S. The molecule has 1 aromatic heterocycles. The zero-order valence-electron chi connectivity index (χ0n) is 18.2. The number of carbonyl (C=O) groups is 2. The van der Waals surface area contributed by atoms with E-state index in [9.17, 15) is 14.1 Å². The highest BCUT2D eigenvalue weighted by Crippen LogP contribution is 2.36. The molecule has 0 spiro atoms. The lowest BCUT2D eigenvalue weighted by Crippen LogP contribution is -2.29. The number of imide groups is 1. The van der Waals surface area contributed by atoms with Gasteiger partial charge in [-0.1, -0.05) is 44.5 Å². The molecule has 0 radical (unpaired) electrons. The highest BCUT2D eigenvalue weighted by atomic mass is 35.5. The van der Waals surface area contributed by atoms with E-state index in [2.05, 4.69) is 30.6 Å². The Labute approximate surface area is 194 Å². The predicted octanol–water partition coefficient (Wildman–Crippen LogP) is 4.30. The van der Waals surface area contributed by atoms with E-state index in [0.717, 1.165) is 10.5 Å². The van der Waals surface area contributed by atoms with E-state index in [4.69, 9.17) is 11.6 Å². The minimum atomic E-state index is -1.63. The van der Waals surface area contributed by atoms with Gasteiger partial charge in [0, 0.05) is 13.2 Å². The number of rotatable bonds is 5. The first-order valence-corrected chi connectivity index (χ1v) is 11.6. The molecule has 7 nitrogen and oxygen atoms in total. The van der Waals surface area contributed by atoms with Gasteiger partial charge in [-0.25, -0.2) is 4.72 Å². The number of amides is 2. The maximum Gasteiger partial charge on any atom is 0.264 e. The normalized spacial score (nSPS) is 14.6. The van der Waals surface area contributed by atoms with Gasteiger partial charge in [-0.3, -0.25) is 19.2 Å². The van der Waals surface area contributed by atoms with Crippen LogP contribution in [0, 0.1) is 0 Å². The molecule has 0 fully saturated rings. The van der Waals surface area contributed by atoms with Crippen LogP contribution in [0.4, 0.5) is 5.69 Å². The zero-order chi connectivity index (χ0) is 23.2. The molecule has 32 heavy (non-hydrogen) atoms. The molecule has 0 aliphatic carbocycles. The third-order valence-electron chi connectivity index (χ3n) is 5.30. The second-order valence-electron chi connectivity index (χ2n) is 8.67. The average Bonchev–Trinajstić information content (AvgIpc) is 3.26. The van der Waals surface area contributed by atoms with Crippen molar-refractivity contribution in [2.24, 2.45) is 7.05 Å². The van der Waals surface area contributed by atoms with Gasteiger partial charge in [0.15, 0.2) is 4.90 Å². The lowest BCUT2D eigenvalue weighted by Gasteiger charge is -2.19. The molecule has 2 amide bonds. The van der Waals surface area contributed by atoms with E-state index in [1.807, 2.05) is 12.1 Å². The van der Waals surface area contributed by atoms with E-state index in [-0.39, 0.29) is 28.1 Å². The van der Waals surface area contributed by atoms with Crippen molar-refractivity contribution < 1.29 is 14.1 Å². The first-order chi connectivity index (χ1) is 15.1. The van der Waals surface area contributed by atoms with Crippen molar-refractivity contribution in [3.63, 3.8) is 0 Å². The van der Waals surface area contributed by atoms with Crippen molar-refractivity contribution in [2.45, 2.75) is 37.6 Å². The van der Waals surface area contributed by atoms with E-state index < -0.39 is 23.2 Å². The summed E-state index contributed by atoms with van der Waals surface area (Å²) in [6.45, 7) is 6.34. The monoisotopic (exact) mass is 470 g/mol. The minimum Gasteiger partial charge on any atom is -0.588 e. The van der Waals surface area contributed by atoms with Gasteiger partial charge in [-0.2, -0.15) is 5.10 Å². The van der Waals surface area contributed by atoms with Crippen molar-refractivity contribution in [3.8, 4) is 0 Å². The van der Waals surface area contributed by atoms with Gasteiger partial charge >= 0.3 is 0 Å². The number of nitrogens with zero attached hydrogens (tertiary/aromatic N) is 3. The number of aryl methyl sites for hydroxylation is 1. The summed E-state index contributed by atoms with van der Waals surface area (Å²) in [6.07, 6.45) is 1.74. The fourth-order valence-corrected chi connectivity index (χ4v) is 4.66. The zero-order valence-corrected chi connectivity index (χ0v) is 19.8. The van der Waals surface area contributed by atoms with Crippen LogP contribution in [-0.4, -0.2) is 31.0 Å². The third-order valence-corrected chi connectivity index (χ3v) is 6.72. The summed E-state index contributed by atoms with van der Waals surface area (Å²) >= 11 is 4.63. The molecule has 1 unspecified atom stereocenters. The van der Waals surface area contributed by atoms with Crippen LogP contribution in [0.1, 0.15) is 52.7 Å².